The number of carbonyl (C=O) groups is 1. The molecule has 1 aromatic carbocycles. The molecule has 5 N–H and O–H groups in total. The van der Waals surface area contributed by atoms with Crippen molar-refractivity contribution in [1.29, 1.82) is 0 Å². The second-order valence-corrected chi connectivity index (χ2v) is 5.78. The van der Waals surface area contributed by atoms with Crippen molar-refractivity contribution in [2.24, 2.45) is 5.73 Å². The van der Waals surface area contributed by atoms with E-state index in [9.17, 15) is 4.79 Å². The van der Waals surface area contributed by atoms with Gasteiger partial charge in [-0.3, -0.25) is 9.78 Å². The highest BCUT2D eigenvalue weighted by molar-refractivity contribution is 7.22. The molecule has 3 rings (SSSR count). The molecule has 0 aliphatic rings. The highest BCUT2D eigenvalue weighted by atomic mass is 32.1. The zero-order chi connectivity index (χ0) is 14.8. The molecule has 1 amide bonds. The minimum absolute atomic E-state index is 0.147. The number of nitrogen functional groups attached to an aromatic ring is 1. The molecule has 0 saturated heterocycles. The van der Waals surface area contributed by atoms with Gasteiger partial charge >= 0.3 is 0 Å². The summed E-state index contributed by atoms with van der Waals surface area (Å²) >= 11 is 1.41. The van der Waals surface area contributed by atoms with E-state index >= 15 is 0 Å². The fraction of sp³-hybridized carbons (Fsp3) is 0.200. The summed E-state index contributed by atoms with van der Waals surface area (Å²) < 4.78 is 1.00. The summed E-state index contributed by atoms with van der Waals surface area (Å²) in [6.07, 6.45) is 2.49. The van der Waals surface area contributed by atoms with Gasteiger partial charge in [0.1, 0.15) is 4.88 Å². The Bertz CT molecular complexity index is 812. The lowest BCUT2D eigenvalue weighted by Crippen LogP contribution is -2.25. The van der Waals surface area contributed by atoms with Gasteiger partial charge in [0, 0.05) is 28.2 Å². The van der Waals surface area contributed by atoms with E-state index in [1.165, 1.54) is 11.3 Å². The lowest BCUT2D eigenvalue weighted by Gasteiger charge is -2.02. The van der Waals surface area contributed by atoms with Crippen LogP contribution >= 0.6 is 11.3 Å². The van der Waals surface area contributed by atoms with E-state index in [0.717, 1.165) is 27.4 Å². The third-order valence-corrected chi connectivity index (χ3v) is 4.59. The normalized spacial score (nSPS) is 11.1. The van der Waals surface area contributed by atoms with Crippen molar-refractivity contribution in [1.82, 2.24) is 10.3 Å². The number of rotatable bonds is 4. The van der Waals surface area contributed by atoms with Gasteiger partial charge in [-0.2, -0.15) is 0 Å². The van der Waals surface area contributed by atoms with Crippen LogP contribution in [0.5, 0.6) is 0 Å². The smallest absolute Gasteiger partial charge is 0.263 e. The third kappa shape index (κ3) is 2.43. The predicted octanol–water partition coefficient (Wildman–Crippen LogP) is 2.11. The molecule has 3 aromatic rings. The van der Waals surface area contributed by atoms with Gasteiger partial charge in [-0.1, -0.05) is 18.2 Å². The van der Waals surface area contributed by atoms with Crippen molar-refractivity contribution in [3.8, 4) is 0 Å². The van der Waals surface area contributed by atoms with Gasteiger partial charge in [-0.05, 0) is 19.0 Å². The number of thiophene rings is 1. The van der Waals surface area contributed by atoms with Gasteiger partial charge < -0.3 is 16.8 Å². The molecule has 0 fully saturated rings. The number of nitrogens with two attached hydrogens (primary N) is 2. The average molecular weight is 300 g/mol. The number of anilines is 1. The van der Waals surface area contributed by atoms with Gasteiger partial charge in [-0.25, -0.2) is 0 Å². The van der Waals surface area contributed by atoms with Gasteiger partial charge in [-0.15, -0.1) is 11.3 Å². The van der Waals surface area contributed by atoms with E-state index in [4.69, 9.17) is 11.5 Å². The largest absolute Gasteiger partial charge is 0.397 e. The summed E-state index contributed by atoms with van der Waals surface area (Å²) in [4.78, 5) is 17.1. The van der Waals surface area contributed by atoms with Gasteiger partial charge in [0.15, 0.2) is 0 Å². The first-order valence-corrected chi connectivity index (χ1v) is 7.58. The van der Waals surface area contributed by atoms with Gasteiger partial charge in [0.2, 0.25) is 0 Å². The minimum atomic E-state index is -0.147. The first-order chi connectivity index (χ1) is 10.2. The molecule has 2 aromatic heterocycles. The molecule has 0 aliphatic heterocycles. The summed E-state index contributed by atoms with van der Waals surface area (Å²) in [6, 6.07) is 7.85. The maximum Gasteiger partial charge on any atom is 0.263 e. The zero-order valence-corrected chi connectivity index (χ0v) is 12.2. The van der Waals surface area contributed by atoms with Crippen LogP contribution in [0, 0.1) is 0 Å². The van der Waals surface area contributed by atoms with Crippen LogP contribution < -0.4 is 16.8 Å². The Morgan fingerprint density at radius 2 is 2.10 bits per heavy atom. The number of nitrogens with zero attached hydrogens (tertiary/aromatic N) is 1. The van der Waals surface area contributed by atoms with Crippen LogP contribution in [-0.4, -0.2) is 24.0 Å². The van der Waals surface area contributed by atoms with E-state index in [0.29, 0.717) is 23.7 Å². The molecule has 0 bridgehead atoms. The van der Waals surface area contributed by atoms with Crippen LogP contribution in [-0.2, 0) is 0 Å². The summed E-state index contributed by atoms with van der Waals surface area (Å²) in [5.41, 5.74) is 12.9. The number of hydrogen-bond acceptors (Lipinski definition) is 5. The molecular weight excluding hydrogens is 284 g/mol. The number of nitrogens with one attached hydrogen (secondary N) is 1. The van der Waals surface area contributed by atoms with Crippen molar-refractivity contribution >= 4 is 43.9 Å². The molecule has 21 heavy (non-hydrogen) atoms. The molecular formula is C15H16N4OS. The summed E-state index contributed by atoms with van der Waals surface area (Å²) in [7, 11) is 0. The maximum absolute atomic E-state index is 12.2. The van der Waals surface area contributed by atoms with E-state index in [2.05, 4.69) is 10.3 Å². The lowest BCUT2D eigenvalue weighted by atomic mass is 10.1. The molecule has 0 aliphatic carbocycles. The summed E-state index contributed by atoms with van der Waals surface area (Å²) in [6.45, 7) is 1.11. The number of para-hydroxylation sites is 1. The van der Waals surface area contributed by atoms with Crippen molar-refractivity contribution in [2.75, 3.05) is 18.8 Å². The van der Waals surface area contributed by atoms with Crippen LogP contribution in [0.4, 0.5) is 5.69 Å². The second kappa shape index (κ2) is 5.67. The molecule has 2 heterocycles. The number of benzene rings is 1. The van der Waals surface area contributed by atoms with Crippen LogP contribution in [0.3, 0.4) is 0 Å². The topological polar surface area (TPSA) is 94.0 Å². The van der Waals surface area contributed by atoms with E-state index < -0.39 is 0 Å². The monoisotopic (exact) mass is 300 g/mol. The lowest BCUT2D eigenvalue weighted by molar-refractivity contribution is 0.0958. The molecule has 0 unspecified atom stereocenters. The quantitative estimate of drug-likeness (QED) is 0.643. The Labute approximate surface area is 126 Å². The summed E-state index contributed by atoms with van der Waals surface area (Å²) in [5.74, 6) is -0.147. The third-order valence-electron chi connectivity index (χ3n) is 3.34. The number of pyridine rings is 1. The Kier molecular flexibility index (Phi) is 3.72. The van der Waals surface area contributed by atoms with Crippen LogP contribution in [0.15, 0.2) is 30.5 Å². The van der Waals surface area contributed by atoms with E-state index in [1.807, 2.05) is 24.3 Å². The number of fused-ring (bicyclic) bond motifs is 3. The van der Waals surface area contributed by atoms with E-state index in [1.54, 1.807) is 6.20 Å². The molecule has 0 saturated carbocycles. The zero-order valence-electron chi connectivity index (χ0n) is 11.4. The molecule has 5 nitrogen and oxygen atoms in total. The molecule has 0 atom stereocenters. The van der Waals surface area contributed by atoms with Crippen molar-refractivity contribution in [3.63, 3.8) is 0 Å². The molecule has 0 spiro atoms. The van der Waals surface area contributed by atoms with Gasteiger partial charge in [0.25, 0.3) is 5.91 Å². The fourth-order valence-electron chi connectivity index (χ4n) is 2.25. The molecule has 6 heteroatoms. The number of hydrogen-bond donors (Lipinski definition) is 3. The standard InChI is InChI=1S/C15H16N4OS/c16-6-3-7-18-15(20)14-12(17)10-8-19-11-5-2-1-4-9(11)13(10)21-14/h1-2,4-5,8H,3,6-7,16-17H2,(H,18,20). The maximum atomic E-state index is 12.2. The second-order valence-electron chi connectivity index (χ2n) is 4.76. The SMILES string of the molecule is NCCCNC(=O)c1sc2c(cnc3ccccc32)c1N. The predicted molar refractivity (Wildman–Crippen MR) is 87.5 cm³/mol. The Morgan fingerprint density at radius 1 is 1.29 bits per heavy atom. The fourth-order valence-corrected chi connectivity index (χ4v) is 3.39. The Balaban J connectivity index is 2.06. The number of amides is 1. The first kappa shape index (κ1) is 13.8. The Morgan fingerprint density at radius 3 is 2.90 bits per heavy atom. The highest BCUT2D eigenvalue weighted by Gasteiger charge is 2.17. The van der Waals surface area contributed by atoms with Gasteiger partial charge in [0.05, 0.1) is 11.2 Å². The molecule has 108 valence electrons. The number of aromatic nitrogens is 1. The van der Waals surface area contributed by atoms with Crippen LogP contribution in [0.2, 0.25) is 0 Å². The highest BCUT2D eigenvalue weighted by Crippen LogP contribution is 2.37. The number of carbonyl (C=O) groups excluding carboxylic acids is 1. The average Bonchev–Trinajstić information content (AvgIpc) is 2.85. The minimum Gasteiger partial charge on any atom is -0.397 e. The van der Waals surface area contributed by atoms with E-state index in [-0.39, 0.29) is 5.91 Å². The Hall–Kier alpha value is -2.18. The van der Waals surface area contributed by atoms with Crippen molar-refractivity contribution in [3.05, 3.63) is 35.3 Å². The summed E-state index contributed by atoms with van der Waals surface area (Å²) in [5, 5.41) is 4.70. The molecule has 0 radical (unpaired) electrons. The van der Waals surface area contributed by atoms with Crippen LogP contribution in [0.1, 0.15) is 16.1 Å². The first-order valence-electron chi connectivity index (χ1n) is 6.76. The van der Waals surface area contributed by atoms with Crippen molar-refractivity contribution < 1.29 is 4.79 Å². The van der Waals surface area contributed by atoms with Crippen molar-refractivity contribution in [2.45, 2.75) is 6.42 Å². The van der Waals surface area contributed by atoms with Crippen LogP contribution in [0.25, 0.3) is 21.0 Å².